The second-order valence-corrected chi connectivity index (χ2v) is 5.39. The Morgan fingerprint density at radius 2 is 1.62 bits per heavy atom. The lowest BCUT2D eigenvalue weighted by Gasteiger charge is -2.38. The highest BCUT2D eigenvalue weighted by atomic mass is 19.4. The van der Waals surface area contributed by atoms with Crippen LogP contribution in [-0.4, -0.2) is 37.1 Å². The summed E-state index contributed by atoms with van der Waals surface area (Å²) in [5.74, 6) is 0.104. The van der Waals surface area contributed by atoms with Crippen LogP contribution in [0.4, 0.5) is 26.3 Å². The van der Waals surface area contributed by atoms with Gasteiger partial charge in [0.05, 0.1) is 6.10 Å². The molecule has 0 heterocycles. The Labute approximate surface area is 120 Å². The highest BCUT2D eigenvalue weighted by molar-refractivity contribution is 4.88. The molecule has 0 aliphatic heterocycles. The van der Waals surface area contributed by atoms with Crippen LogP contribution in [0.5, 0.6) is 0 Å². The average molecular weight is 321 g/mol. The summed E-state index contributed by atoms with van der Waals surface area (Å²) in [6.45, 7) is 4.11. The standard InChI is InChI=1S/C13H21F6NO/c1-3-8-5-6-9(20-4-2)10(7-8)21-11(12(14,15)16)13(17,18)19/h8-11,20H,3-7H2,1-2H3. The molecule has 1 fully saturated rings. The molecule has 1 N–H and O–H groups in total. The molecule has 0 aromatic rings. The van der Waals surface area contributed by atoms with E-state index in [1.54, 1.807) is 6.92 Å². The zero-order chi connectivity index (χ0) is 16.3. The van der Waals surface area contributed by atoms with E-state index in [2.05, 4.69) is 10.1 Å². The summed E-state index contributed by atoms with van der Waals surface area (Å²) < 4.78 is 80.1. The zero-order valence-corrected chi connectivity index (χ0v) is 12.0. The Balaban J connectivity index is 2.86. The van der Waals surface area contributed by atoms with E-state index in [-0.39, 0.29) is 12.3 Å². The molecule has 0 saturated heterocycles. The van der Waals surface area contributed by atoms with Gasteiger partial charge in [-0.1, -0.05) is 20.3 Å². The predicted molar refractivity (Wildman–Crippen MR) is 65.9 cm³/mol. The molecular weight excluding hydrogens is 300 g/mol. The summed E-state index contributed by atoms with van der Waals surface area (Å²) in [4.78, 5) is 0. The lowest BCUT2D eigenvalue weighted by molar-refractivity contribution is -0.334. The van der Waals surface area contributed by atoms with Crippen molar-refractivity contribution in [3.8, 4) is 0 Å². The summed E-state index contributed by atoms with van der Waals surface area (Å²) in [7, 11) is 0. The topological polar surface area (TPSA) is 21.3 Å². The lowest BCUT2D eigenvalue weighted by atomic mass is 9.82. The first-order chi connectivity index (χ1) is 9.59. The quantitative estimate of drug-likeness (QED) is 0.771. The van der Waals surface area contributed by atoms with Gasteiger partial charge in [-0.05, 0) is 31.7 Å². The molecule has 1 rings (SSSR count). The number of hydrogen-bond donors (Lipinski definition) is 1. The summed E-state index contributed by atoms with van der Waals surface area (Å²) in [5.41, 5.74) is 0. The molecule has 0 aromatic carbocycles. The van der Waals surface area contributed by atoms with Gasteiger partial charge in [0.2, 0.25) is 6.10 Å². The summed E-state index contributed by atoms with van der Waals surface area (Å²) in [6, 6.07) is -0.468. The molecule has 0 amide bonds. The number of nitrogens with one attached hydrogen (secondary N) is 1. The van der Waals surface area contributed by atoms with E-state index < -0.39 is 30.6 Å². The normalized spacial score (nSPS) is 28.1. The van der Waals surface area contributed by atoms with Crippen molar-refractivity contribution in [3.63, 3.8) is 0 Å². The number of halogens is 6. The largest absolute Gasteiger partial charge is 0.423 e. The molecular formula is C13H21F6NO. The summed E-state index contributed by atoms with van der Waals surface area (Å²) >= 11 is 0. The van der Waals surface area contributed by atoms with Gasteiger partial charge in [-0.25, -0.2) is 0 Å². The van der Waals surface area contributed by atoms with Crippen LogP contribution in [0, 0.1) is 5.92 Å². The molecule has 0 spiro atoms. The molecule has 0 aromatic heterocycles. The van der Waals surface area contributed by atoms with Gasteiger partial charge in [-0.3, -0.25) is 0 Å². The Hall–Kier alpha value is -0.500. The maximum atomic E-state index is 12.6. The van der Waals surface area contributed by atoms with Crippen molar-refractivity contribution >= 4 is 0 Å². The van der Waals surface area contributed by atoms with Gasteiger partial charge in [0.1, 0.15) is 0 Å². The number of rotatable bonds is 5. The third kappa shape index (κ3) is 5.32. The lowest BCUT2D eigenvalue weighted by Crippen LogP contribution is -2.53. The molecule has 2 nitrogen and oxygen atoms in total. The molecule has 0 radical (unpaired) electrons. The van der Waals surface area contributed by atoms with Gasteiger partial charge in [0.25, 0.3) is 0 Å². The highest BCUT2D eigenvalue weighted by Crippen LogP contribution is 2.39. The van der Waals surface area contributed by atoms with Crippen molar-refractivity contribution < 1.29 is 31.1 Å². The Morgan fingerprint density at radius 1 is 1.05 bits per heavy atom. The van der Waals surface area contributed by atoms with E-state index >= 15 is 0 Å². The molecule has 21 heavy (non-hydrogen) atoms. The third-order valence-corrected chi connectivity index (χ3v) is 3.85. The van der Waals surface area contributed by atoms with Crippen molar-refractivity contribution in [2.75, 3.05) is 6.54 Å². The molecule has 8 heteroatoms. The van der Waals surface area contributed by atoms with E-state index in [0.717, 1.165) is 12.8 Å². The van der Waals surface area contributed by atoms with Gasteiger partial charge >= 0.3 is 12.4 Å². The maximum Gasteiger partial charge on any atom is 0.423 e. The average Bonchev–Trinajstić information content (AvgIpc) is 2.34. The second kappa shape index (κ2) is 7.17. The highest BCUT2D eigenvalue weighted by Gasteiger charge is 2.59. The second-order valence-electron chi connectivity index (χ2n) is 5.39. The van der Waals surface area contributed by atoms with E-state index in [1.165, 1.54) is 0 Å². The van der Waals surface area contributed by atoms with Crippen LogP contribution in [0.2, 0.25) is 0 Å². The minimum Gasteiger partial charge on any atom is -0.356 e. The summed E-state index contributed by atoms with van der Waals surface area (Å²) in [5, 5.41) is 2.93. The Kier molecular flexibility index (Phi) is 6.34. The van der Waals surface area contributed by atoms with E-state index in [9.17, 15) is 26.3 Å². The molecule has 1 saturated carbocycles. The van der Waals surface area contributed by atoms with Crippen molar-refractivity contribution in [1.82, 2.24) is 5.32 Å². The van der Waals surface area contributed by atoms with Gasteiger partial charge in [-0.2, -0.15) is 26.3 Å². The van der Waals surface area contributed by atoms with Crippen molar-refractivity contribution in [2.45, 2.75) is 70.1 Å². The van der Waals surface area contributed by atoms with Crippen LogP contribution >= 0.6 is 0 Å². The minimum absolute atomic E-state index is 0.104. The van der Waals surface area contributed by atoms with E-state index in [1.807, 2.05) is 6.92 Å². The molecule has 0 bridgehead atoms. The maximum absolute atomic E-state index is 12.6. The first kappa shape index (κ1) is 18.5. The van der Waals surface area contributed by atoms with Crippen LogP contribution in [0.25, 0.3) is 0 Å². The molecule has 3 atom stereocenters. The van der Waals surface area contributed by atoms with Crippen molar-refractivity contribution in [3.05, 3.63) is 0 Å². The van der Waals surface area contributed by atoms with Gasteiger partial charge in [-0.15, -0.1) is 0 Å². The molecule has 1 aliphatic carbocycles. The molecule has 3 unspecified atom stereocenters. The fourth-order valence-electron chi connectivity index (χ4n) is 2.74. The van der Waals surface area contributed by atoms with E-state index in [4.69, 9.17) is 0 Å². The smallest absolute Gasteiger partial charge is 0.356 e. The fourth-order valence-corrected chi connectivity index (χ4v) is 2.74. The SMILES string of the molecule is CCNC1CCC(CC)CC1OC(C(F)(F)F)C(F)(F)F. The van der Waals surface area contributed by atoms with Crippen LogP contribution in [0.1, 0.15) is 39.5 Å². The Bertz CT molecular complexity index is 303. The minimum atomic E-state index is -5.45. The van der Waals surface area contributed by atoms with Gasteiger partial charge in [0.15, 0.2) is 0 Å². The summed E-state index contributed by atoms with van der Waals surface area (Å²) in [6.07, 6.45) is -13.4. The first-order valence-corrected chi connectivity index (χ1v) is 7.11. The van der Waals surface area contributed by atoms with Gasteiger partial charge in [0, 0.05) is 6.04 Å². The predicted octanol–water partition coefficient (Wildman–Crippen LogP) is 4.05. The molecule has 1 aliphatic rings. The van der Waals surface area contributed by atoms with Crippen molar-refractivity contribution in [2.24, 2.45) is 5.92 Å². The van der Waals surface area contributed by atoms with Gasteiger partial charge < -0.3 is 10.1 Å². The monoisotopic (exact) mass is 321 g/mol. The first-order valence-electron chi connectivity index (χ1n) is 7.11. The number of likely N-dealkylation sites (N-methyl/N-ethyl adjacent to an activating group) is 1. The van der Waals surface area contributed by atoms with Crippen LogP contribution in [0.15, 0.2) is 0 Å². The fraction of sp³-hybridized carbons (Fsp3) is 1.00. The van der Waals surface area contributed by atoms with Crippen LogP contribution in [-0.2, 0) is 4.74 Å². The number of alkyl halides is 6. The van der Waals surface area contributed by atoms with Crippen molar-refractivity contribution in [1.29, 1.82) is 0 Å². The number of hydrogen-bond acceptors (Lipinski definition) is 2. The molecule has 126 valence electrons. The number of ether oxygens (including phenoxy) is 1. The van der Waals surface area contributed by atoms with Crippen LogP contribution in [0.3, 0.4) is 0 Å². The third-order valence-electron chi connectivity index (χ3n) is 3.85. The van der Waals surface area contributed by atoms with E-state index in [0.29, 0.717) is 13.0 Å². The zero-order valence-electron chi connectivity index (χ0n) is 12.0. The Morgan fingerprint density at radius 3 is 2.05 bits per heavy atom. The van der Waals surface area contributed by atoms with Crippen LogP contribution < -0.4 is 5.32 Å².